The molecule has 0 unspecified atom stereocenters. The molecule has 76 valence electrons. The lowest BCUT2D eigenvalue weighted by atomic mass is 10.2. The molecule has 0 atom stereocenters. The second-order valence-electron chi connectivity index (χ2n) is 2.88. The molecule has 0 radical (unpaired) electrons. The lowest BCUT2D eigenvalue weighted by Crippen LogP contribution is -1.94. The predicted octanol–water partition coefficient (Wildman–Crippen LogP) is 3.68. The van der Waals surface area contributed by atoms with Crippen LogP contribution in [0.3, 0.4) is 0 Å². The summed E-state index contributed by atoms with van der Waals surface area (Å²) >= 11 is 3.12. The Balaban J connectivity index is 2.43. The number of rotatable bonds is 5. The minimum atomic E-state index is -0.250. The highest BCUT2D eigenvalue weighted by Gasteiger charge is 1.99. The zero-order valence-corrected chi connectivity index (χ0v) is 9.39. The highest BCUT2D eigenvalue weighted by atomic mass is 79.9. The maximum atomic E-state index is 12.8. The fraction of sp³-hybridized carbons (Fsp3) is 0.273. The fourth-order valence-electron chi connectivity index (χ4n) is 0.986. The van der Waals surface area contributed by atoms with Crippen molar-refractivity contribution in [3.8, 4) is 0 Å². The molecule has 0 saturated heterocycles. The predicted molar refractivity (Wildman–Crippen MR) is 58.6 cm³/mol. The third-order valence-corrected chi connectivity index (χ3v) is 2.33. The summed E-state index contributed by atoms with van der Waals surface area (Å²) in [7, 11) is 0. The molecule has 0 saturated carbocycles. The quantitative estimate of drug-likeness (QED) is 0.579. The van der Waals surface area contributed by atoms with Gasteiger partial charge in [0, 0.05) is 0 Å². The van der Waals surface area contributed by atoms with Crippen LogP contribution in [-0.4, -0.2) is 6.61 Å². The van der Waals surface area contributed by atoms with Gasteiger partial charge in [-0.25, -0.2) is 4.39 Å². The van der Waals surface area contributed by atoms with Crippen molar-refractivity contribution in [1.29, 1.82) is 0 Å². The molecule has 0 aliphatic carbocycles. The zero-order valence-electron chi connectivity index (χ0n) is 7.80. The Kier molecular flexibility index (Phi) is 4.84. The smallest absolute Gasteiger partial charge is 0.137 e. The van der Waals surface area contributed by atoms with Crippen molar-refractivity contribution >= 4 is 15.9 Å². The van der Waals surface area contributed by atoms with Gasteiger partial charge in [-0.05, 0) is 40.0 Å². The summed E-state index contributed by atoms with van der Waals surface area (Å²) in [5, 5.41) is 0. The van der Waals surface area contributed by atoms with Gasteiger partial charge in [0.05, 0.1) is 17.7 Å². The molecule has 1 aromatic rings. The normalized spacial score (nSPS) is 10.1. The highest BCUT2D eigenvalue weighted by Crippen LogP contribution is 2.17. The summed E-state index contributed by atoms with van der Waals surface area (Å²) in [4.78, 5) is 0. The second-order valence-corrected chi connectivity index (χ2v) is 3.73. The van der Waals surface area contributed by atoms with Gasteiger partial charge >= 0.3 is 0 Å². The third-order valence-electron chi connectivity index (χ3n) is 1.72. The van der Waals surface area contributed by atoms with E-state index in [0.717, 1.165) is 12.0 Å². The number of ether oxygens (including phenoxy) is 1. The van der Waals surface area contributed by atoms with Crippen LogP contribution in [0, 0.1) is 5.82 Å². The van der Waals surface area contributed by atoms with Crippen molar-refractivity contribution in [1.82, 2.24) is 0 Å². The lowest BCUT2D eigenvalue weighted by Gasteiger charge is -2.03. The van der Waals surface area contributed by atoms with Crippen LogP contribution in [0.5, 0.6) is 0 Å². The van der Waals surface area contributed by atoms with Crippen molar-refractivity contribution in [3.05, 3.63) is 46.7 Å². The fourth-order valence-corrected chi connectivity index (χ4v) is 1.41. The first kappa shape index (κ1) is 11.4. The first-order valence-corrected chi connectivity index (χ1v) is 5.16. The average molecular weight is 259 g/mol. The Morgan fingerprint density at radius 2 is 2.29 bits per heavy atom. The molecule has 3 heteroatoms. The Hall–Kier alpha value is -0.670. The summed E-state index contributed by atoms with van der Waals surface area (Å²) < 4.78 is 18.7. The van der Waals surface area contributed by atoms with E-state index in [9.17, 15) is 4.39 Å². The van der Waals surface area contributed by atoms with Crippen LogP contribution in [0.4, 0.5) is 4.39 Å². The van der Waals surface area contributed by atoms with Crippen molar-refractivity contribution < 1.29 is 9.13 Å². The summed E-state index contributed by atoms with van der Waals surface area (Å²) in [5.41, 5.74) is 0.960. The van der Waals surface area contributed by atoms with Crippen LogP contribution in [0.2, 0.25) is 0 Å². The van der Waals surface area contributed by atoms with Gasteiger partial charge in [0.1, 0.15) is 5.82 Å². The van der Waals surface area contributed by atoms with E-state index in [1.165, 1.54) is 6.07 Å². The summed E-state index contributed by atoms with van der Waals surface area (Å²) in [6.45, 7) is 4.75. The molecule has 0 heterocycles. The molecule has 0 aliphatic rings. The number of halogens is 2. The van der Waals surface area contributed by atoms with E-state index < -0.39 is 0 Å². The highest BCUT2D eigenvalue weighted by molar-refractivity contribution is 9.10. The molecule has 0 spiro atoms. The van der Waals surface area contributed by atoms with Crippen molar-refractivity contribution in [2.45, 2.75) is 13.0 Å². The molecular weight excluding hydrogens is 247 g/mol. The Labute approximate surface area is 91.7 Å². The van der Waals surface area contributed by atoms with Crippen molar-refractivity contribution in [2.24, 2.45) is 0 Å². The maximum absolute atomic E-state index is 12.8. The first-order chi connectivity index (χ1) is 6.74. The Morgan fingerprint density at radius 3 is 2.93 bits per heavy atom. The van der Waals surface area contributed by atoms with E-state index in [1.54, 1.807) is 18.2 Å². The van der Waals surface area contributed by atoms with Gasteiger partial charge in [-0.15, -0.1) is 6.58 Å². The summed E-state index contributed by atoms with van der Waals surface area (Å²) in [6.07, 6.45) is 2.64. The van der Waals surface area contributed by atoms with Crippen LogP contribution in [-0.2, 0) is 11.3 Å². The van der Waals surface area contributed by atoms with E-state index in [0.29, 0.717) is 17.7 Å². The minimum Gasteiger partial charge on any atom is -0.376 e. The van der Waals surface area contributed by atoms with Crippen LogP contribution < -0.4 is 0 Å². The summed E-state index contributed by atoms with van der Waals surface area (Å²) in [6, 6.07) is 4.87. The zero-order chi connectivity index (χ0) is 10.4. The maximum Gasteiger partial charge on any atom is 0.137 e. The number of hydrogen-bond donors (Lipinski definition) is 0. The van der Waals surface area contributed by atoms with E-state index in [1.807, 2.05) is 0 Å². The Bertz CT molecular complexity index is 312. The minimum absolute atomic E-state index is 0.250. The van der Waals surface area contributed by atoms with Gasteiger partial charge in [-0.3, -0.25) is 0 Å². The SMILES string of the molecule is C=CCCOCc1ccc(F)c(Br)c1. The molecule has 0 fully saturated rings. The molecule has 0 aromatic heterocycles. The topological polar surface area (TPSA) is 9.23 Å². The molecule has 0 bridgehead atoms. The van der Waals surface area contributed by atoms with Crippen LogP contribution in [0.15, 0.2) is 35.3 Å². The van der Waals surface area contributed by atoms with E-state index in [4.69, 9.17) is 4.74 Å². The van der Waals surface area contributed by atoms with E-state index in [-0.39, 0.29) is 5.82 Å². The van der Waals surface area contributed by atoms with Crippen molar-refractivity contribution in [3.63, 3.8) is 0 Å². The molecule has 1 aromatic carbocycles. The molecule has 1 rings (SSSR count). The average Bonchev–Trinajstić information content (AvgIpc) is 2.18. The molecular formula is C11H12BrFO. The van der Waals surface area contributed by atoms with E-state index in [2.05, 4.69) is 22.5 Å². The lowest BCUT2D eigenvalue weighted by molar-refractivity contribution is 0.125. The van der Waals surface area contributed by atoms with Crippen LogP contribution in [0.25, 0.3) is 0 Å². The monoisotopic (exact) mass is 258 g/mol. The number of hydrogen-bond acceptors (Lipinski definition) is 1. The summed E-state index contributed by atoms with van der Waals surface area (Å²) in [5.74, 6) is -0.250. The molecule has 0 N–H and O–H groups in total. The molecule has 1 nitrogen and oxygen atoms in total. The van der Waals surface area contributed by atoms with Gasteiger partial charge in [0.25, 0.3) is 0 Å². The van der Waals surface area contributed by atoms with Gasteiger partial charge < -0.3 is 4.74 Å². The second kappa shape index (κ2) is 5.94. The standard InChI is InChI=1S/C11H12BrFO/c1-2-3-6-14-8-9-4-5-11(13)10(12)7-9/h2,4-5,7H,1,3,6,8H2. The number of benzene rings is 1. The molecule has 0 aliphatic heterocycles. The van der Waals surface area contributed by atoms with Gasteiger partial charge in [-0.1, -0.05) is 12.1 Å². The Morgan fingerprint density at radius 1 is 1.50 bits per heavy atom. The molecule has 14 heavy (non-hydrogen) atoms. The van der Waals surface area contributed by atoms with Gasteiger partial charge in [-0.2, -0.15) is 0 Å². The van der Waals surface area contributed by atoms with Gasteiger partial charge in [0.2, 0.25) is 0 Å². The van der Waals surface area contributed by atoms with Gasteiger partial charge in [0.15, 0.2) is 0 Å². The largest absolute Gasteiger partial charge is 0.376 e. The van der Waals surface area contributed by atoms with Crippen LogP contribution in [0.1, 0.15) is 12.0 Å². The van der Waals surface area contributed by atoms with E-state index >= 15 is 0 Å². The first-order valence-electron chi connectivity index (χ1n) is 4.36. The molecule has 0 amide bonds. The van der Waals surface area contributed by atoms with Crippen LogP contribution >= 0.6 is 15.9 Å². The third kappa shape index (κ3) is 3.60. The van der Waals surface area contributed by atoms with Crippen molar-refractivity contribution in [2.75, 3.05) is 6.61 Å².